The zero-order valence-electron chi connectivity index (χ0n) is 5.91. The summed E-state index contributed by atoms with van der Waals surface area (Å²) in [5.74, 6) is -6.67. The second-order valence-electron chi connectivity index (χ2n) is 2.58. The van der Waals surface area contributed by atoms with E-state index in [4.69, 9.17) is 20.4 Å². The van der Waals surface area contributed by atoms with E-state index in [9.17, 15) is 9.13 Å². The second-order valence-corrected chi connectivity index (χ2v) is 6.56. The Kier molecular flexibility index (Phi) is 3.10. The Morgan fingerprint density at radius 2 is 0.833 bits per heavy atom. The highest BCUT2D eigenvalue weighted by molar-refractivity contribution is 7.54. The molecule has 1 heterocycles. The predicted molar refractivity (Wildman–Crippen MR) is 42.0 cm³/mol. The summed E-state index contributed by atoms with van der Waals surface area (Å²) in [5, 5.41) is 35.8. The second kappa shape index (κ2) is 3.58. The number of hydrogen-bond donors (Lipinski definition) is 4. The van der Waals surface area contributed by atoms with E-state index in [2.05, 4.69) is 0 Å². The fraction of sp³-hybridized carbons (Fsp3) is 1.00. The molecule has 4 atom stereocenters. The topological polar surface area (TPSA) is 115 Å². The Morgan fingerprint density at radius 1 is 0.667 bits per heavy atom. The van der Waals surface area contributed by atoms with Gasteiger partial charge in [-0.25, -0.2) is 0 Å². The van der Waals surface area contributed by atoms with Crippen molar-refractivity contribution in [1.29, 1.82) is 0 Å². The molecule has 0 bridgehead atoms. The first-order valence-corrected chi connectivity index (χ1v) is 6.39. The van der Waals surface area contributed by atoms with Crippen molar-refractivity contribution in [1.82, 2.24) is 0 Å². The van der Waals surface area contributed by atoms with E-state index in [0.29, 0.717) is 0 Å². The van der Waals surface area contributed by atoms with Crippen LogP contribution in [0, 0.1) is 0 Å². The van der Waals surface area contributed by atoms with Gasteiger partial charge in [-0.05, 0) is 0 Å². The molecule has 0 aliphatic carbocycles. The van der Waals surface area contributed by atoms with E-state index in [1.165, 1.54) is 0 Å². The van der Waals surface area contributed by atoms with Crippen molar-refractivity contribution in [2.24, 2.45) is 0 Å². The third-order valence-corrected chi connectivity index (χ3v) is 6.03. The van der Waals surface area contributed by atoms with Crippen LogP contribution in [0.2, 0.25) is 0 Å². The Balaban J connectivity index is 2.91. The average Bonchev–Trinajstić information content (AvgIpc) is 2.08. The summed E-state index contributed by atoms with van der Waals surface area (Å²) < 4.78 is 21.9. The van der Waals surface area contributed by atoms with E-state index in [1.54, 1.807) is 0 Å². The maximum Gasteiger partial charge on any atom is 0.139 e. The molecule has 0 spiro atoms. The van der Waals surface area contributed by atoms with E-state index in [-0.39, 0.29) is 0 Å². The van der Waals surface area contributed by atoms with Crippen molar-refractivity contribution in [2.45, 2.75) is 23.4 Å². The van der Waals surface area contributed by atoms with Crippen molar-refractivity contribution >= 4 is 15.6 Å². The largest absolute Gasteiger partial charge is 0.382 e. The first kappa shape index (κ1) is 10.4. The van der Waals surface area contributed by atoms with Crippen molar-refractivity contribution in [3.8, 4) is 0 Å². The fourth-order valence-corrected chi connectivity index (χ4v) is 4.89. The molecule has 0 radical (unpaired) electrons. The number of aliphatic hydroxyl groups is 4. The average molecular weight is 216 g/mol. The first-order valence-electron chi connectivity index (χ1n) is 3.26. The van der Waals surface area contributed by atoms with Crippen molar-refractivity contribution in [3.05, 3.63) is 0 Å². The Hall–Kier alpha value is 0.300. The zero-order chi connectivity index (χ0) is 9.46. The van der Waals surface area contributed by atoms with Gasteiger partial charge in [0.2, 0.25) is 0 Å². The predicted octanol–water partition coefficient (Wildman–Crippen LogP) is -1.61. The van der Waals surface area contributed by atoms with Crippen LogP contribution in [0.25, 0.3) is 0 Å². The summed E-state index contributed by atoms with van der Waals surface area (Å²) in [6.07, 6.45) is 0. The molecule has 8 heteroatoms. The monoisotopic (exact) mass is 216 g/mol. The van der Waals surface area contributed by atoms with Gasteiger partial charge in [-0.15, -0.1) is 0 Å². The molecule has 1 aliphatic heterocycles. The van der Waals surface area contributed by atoms with Gasteiger partial charge in [0.15, 0.2) is 0 Å². The number of hydrogen-bond acceptors (Lipinski definition) is 6. The van der Waals surface area contributed by atoms with Gasteiger partial charge >= 0.3 is 0 Å². The van der Waals surface area contributed by atoms with Gasteiger partial charge in [0, 0.05) is 0 Å². The SMILES string of the molecule is O=[PH]1C(O)C(O)[PH](=O)C(O)C1O. The van der Waals surface area contributed by atoms with Crippen LogP contribution in [-0.2, 0) is 9.13 Å². The molecular weight excluding hydrogens is 206 g/mol. The summed E-state index contributed by atoms with van der Waals surface area (Å²) in [6, 6.07) is 0. The summed E-state index contributed by atoms with van der Waals surface area (Å²) in [7, 11) is -5.78. The van der Waals surface area contributed by atoms with Crippen LogP contribution in [0.15, 0.2) is 0 Å². The molecule has 0 aromatic heterocycles. The smallest absolute Gasteiger partial charge is 0.139 e. The van der Waals surface area contributed by atoms with Crippen LogP contribution < -0.4 is 0 Å². The van der Waals surface area contributed by atoms with Crippen molar-refractivity contribution in [2.75, 3.05) is 0 Å². The van der Waals surface area contributed by atoms with Gasteiger partial charge in [0.1, 0.15) is 39.0 Å². The molecule has 1 fully saturated rings. The van der Waals surface area contributed by atoms with Crippen LogP contribution in [-0.4, -0.2) is 43.8 Å². The molecule has 1 saturated heterocycles. The molecule has 6 nitrogen and oxygen atoms in total. The molecule has 72 valence electrons. The minimum absolute atomic E-state index is 1.67. The minimum atomic E-state index is -2.89. The highest BCUT2D eigenvalue weighted by atomic mass is 31.1. The standard InChI is InChI=1S/C4H10O6P2/c5-1-2(6)12(10)4(8)3(7)11(1)9/h1-8,11-12H. The molecule has 4 N–H and O–H groups in total. The Labute approximate surface area is 69.4 Å². The van der Waals surface area contributed by atoms with Crippen molar-refractivity contribution < 1.29 is 29.6 Å². The number of rotatable bonds is 0. The van der Waals surface area contributed by atoms with Crippen LogP contribution in [0.3, 0.4) is 0 Å². The fourth-order valence-electron chi connectivity index (χ4n) is 0.972. The van der Waals surface area contributed by atoms with Crippen LogP contribution in [0.5, 0.6) is 0 Å². The van der Waals surface area contributed by atoms with Gasteiger partial charge in [-0.2, -0.15) is 0 Å². The van der Waals surface area contributed by atoms with Gasteiger partial charge < -0.3 is 29.6 Å². The molecule has 0 aromatic carbocycles. The molecule has 0 saturated carbocycles. The van der Waals surface area contributed by atoms with Gasteiger partial charge in [-0.1, -0.05) is 0 Å². The lowest BCUT2D eigenvalue weighted by Gasteiger charge is -2.30. The highest BCUT2D eigenvalue weighted by Crippen LogP contribution is 2.52. The Morgan fingerprint density at radius 3 is 1.00 bits per heavy atom. The lowest BCUT2D eigenvalue weighted by molar-refractivity contribution is 0.0716. The maximum absolute atomic E-state index is 10.9. The molecule has 1 aliphatic rings. The molecule has 0 amide bonds. The highest BCUT2D eigenvalue weighted by Gasteiger charge is 2.44. The van der Waals surface area contributed by atoms with E-state index >= 15 is 0 Å². The maximum atomic E-state index is 10.9. The normalized spacial score (nSPS) is 55.3. The van der Waals surface area contributed by atoms with Gasteiger partial charge in [0.25, 0.3) is 0 Å². The number of aliphatic hydroxyl groups excluding tert-OH is 4. The van der Waals surface area contributed by atoms with E-state index in [1.807, 2.05) is 0 Å². The van der Waals surface area contributed by atoms with Crippen LogP contribution >= 0.6 is 15.6 Å². The molecule has 12 heavy (non-hydrogen) atoms. The summed E-state index contributed by atoms with van der Waals surface area (Å²) >= 11 is 0. The van der Waals surface area contributed by atoms with Gasteiger partial charge in [0.05, 0.1) is 0 Å². The third-order valence-electron chi connectivity index (χ3n) is 1.76. The first-order chi connectivity index (χ1) is 5.46. The molecular formula is C4H10O6P2. The Bertz CT molecular complexity index is 186. The lowest BCUT2D eigenvalue weighted by Crippen LogP contribution is -2.36. The van der Waals surface area contributed by atoms with Crippen LogP contribution in [0.1, 0.15) is 0 Å². The molecule has 0 aromatic rings. The van der Waals surface area contributed by atoms with Gasteiger partial charge in [-0.3, -0.25) is 0 Å². The minimum Gasteiger partial charge on any atom is -0.382 e. The van der Waals surface area contributed by atoms with E-state index in [0.717, 1.165) is 0 Å². The molecule has 4 unspecified atom stereocenters. The summed E-state index contributed by atoms with van der Waals surface area (Å²) in [6.45, 7) is 0. The van der Waals surface area contributed by atoms with Crippen LogP contribution in [0.4, 0.5) is 0 Å². The van der Waals surface area contributed by atoms with E-state index < -0.39 is 39.0 Å². The summed E-state index contributed by atoms with van der Waals surface area (Å²) in [5.41, 5.74) is 0. The lowest BCUT2D eigenvalue weighted by atomic mass is 10.7. The summed E-state index contributed by atoms with van der Waals surface area (Å²) in [4.78, 5) is 0. The third kappa shape index (κ3) is 1.51. The van der Waals surface area contributed by atoms with Crippen molar-refractivity contribution in [3.63, 3.8) is 0 Å². The molecule has 1 rings (SSSR count). The quantitative estimate of drug-likeness (QED) is 0.362. The zero-order valence-corrected chi connectivity index (χ0v) is 7.91.